The second-order valence-corrected chi connectivity index (χ2v) is 2.53. The quantitative estimate of drug-likeness (QED) is 0.622. The van der Waals surface area contributed by atoms with Gasteiger partial charge in [0.1, 0.15) is 0 Å². The van der Waals surface area contributed by atoms with Crippen LogP contribution in [0.25, 0.3) is 0 Å². The van der Waals surface area contributed by atoms with Crippen molar-refractivity contribution in [2.24, 2.45) is 0 Å². The molecule has 0 unspecified atom stereocenters. The molecule has 50 valence electrons. The van der Waals surface area contributed by atoms with Gasteiger partial charge in [0.25, 0.3) is 5.19 Å². The van der Waals surface area contributed by atoms with Crippen molar-refractivity contribution < 1.29 is 4.74 Å². The Morgan fingerprint density at radius 1 is 1.89 bits per heavy atom. The van der Waals surface area contributed by atoms with E-state index in [4.69, 9.17) is 16.3 Å². The molecule has 0 amide bonds. The van der Waals surface area contributed by atoms with Crippen LogP contribution < -0.4 is 4.74 Å². The summed E-state index contributed by atoms with van der Waals surface area (Å²) >= 11 is 6.94. The normalized spacial score (nSPS) is 9.56. The highest BCUT2D eigenvalue weighted by Gasteiger charge is 1.97. The van der Waals surface area contributed by atoms with Crippen LogP contribution in [0.3, 0.4) is 0 Å². The lowest BCUT2D eigenvalue weighted by atomic mass is 10.6. The molecule has 0 atom stereocenters. The van der Waals surface area contributed by atoms with Crippen molar-refractivity contribution in [1.29, 1.82) is 0 Å². The van der Waals surface area contributed by atoms with Crippen molar-refractivity contribution in [2.75, 3.05) is 7.11 Å². The third kappa shape index (κ3) is 1.56. The standard InChI is InChI=1S/C5H6ClNOS/c1-8-5-7-4(2-6)3-9-5/h3H,2H2,1H3. The number of alkyl halides is 1. The largest absolute Gasteiger partial charge is 0.473 e. The third-order valence-electron chi connectivity index (χ3n) is 0.842. The summed E-state index contributed by atoms with van der Waals surface area (Å²) in [6, 6.07) is 0. The molecule has 2 nitrogen and oxygen atoms in total. The minimum atomic E-state index is 0.458. The molecule has 0 saturated heterocycles. The van der Waals surface area contributed by atoms with Crippen LogP contribution >= 0.6 is 22.9 Å². The topological polar surface area (TPSA) is 22.1 Å². The molecular formula is C5H6ClNOS. The van der Waals surface area contributed by atoms with Gasteiger partial charge in [-0.15, -0.1) is 11.6 Å². The lowest BCUT2D eigenvalue weighted by Gasteiger charge is -1.86. The van der Waals surface area contributed by atoms with E-state index in [-0.39, 0.29) is 0 Å². The van der Waals surface area contributed by atoms with Gasteiger partial charge in [0.05, 0.1) is 18.7 Å². The van der Waals surface area contributed by atoms with Crippen molar-refractivity contribution in [2.45, 2.75) is 5.88 Å². The molecule has 0 aliphatic rings. The molecule has 1 heterocycles. The Morgan fingerprint density at radius 2 is 2.67 bits per heavy atom. The van der Waals surface area contributed by atoms with Gasteiger partial charge < -0.3 is 4.74 Å². The average molecular weight is 164 g/mol. The van der Waals surface area contributed by atoms with Crippen LogP contribution in [-0.2, 0) is 5.88 Å². The van der Waals surface area contributed by atoms with Gasteiger partial charge in [-0.25, -0.2) is 4.98 Å². The Morgan fingerprint density at radius 3 is 3.00 bits per heavy atom. The fourth-order valence-electron chi connectivity index (χ4n) is 0.444. The number of rotatable bonds is 2. The second kappa shape index (κ2) is 3.03. The van der Waals surface area contributed by atoms with Gasteiger partial charge in [-0.2, -0.15) is 0 Å². The molecule has 0 aromatic carbocycles. The summed E-state index contributed by atoms with van der Waals surface area (Å²) in [5.41, 5.74) is 0.874. The predicted octanol–water partition coefficient (Wildman–Crippen LogP) is 1.89. The summed E-state index contributed by atoms with van der Waals surface area (Å²) in [6.45, 7) is 0. The molecule has 4 heteroatoms. The van der Waals surface area contributed by atoms with Crippen LogP contribution in [0.4, 0.5) is 0 Å². The SMILES string of the molecule is COc1nc(CCl)cs1. The lowest BCUT2D eigenvalue weighted by molar-refractivity contribution is 0.411. The summed E-state index contributed by atoms with van der Waals surface area (Å²) in [6.07, 6.45) is 0. The van der Waals surface area contributed by atoms with Crippen LogP contribution in [0.15, 0.2) is 5.38 Å². The number of hydrogen-bond donors (Lipinski definition) is 0. The maximum Gasteiger partial charge on any atom is 0.273 e. The van der Waals surface area contributed by atoms with Crippen LogP contribution in [0.2, 0.25) is 0 Å². The molecule has 0 aliphatic carbocycles. The molecule has 1 aromatic rings. The third-order valence-corrected chi connectivity index (χ3v) is 1.97. The van der Waals surface area contributed by atoms with Crippen LogP contribution in [0, 0.1) is 0 Å². The fourth-order valence-corrected chi connectivity index (χ4v) is 1.31. The molecular weight excluding hydrogens is 158 g/mol. The maximum atomic E-state index is 5.49. The van der Waals surface area contributed by atoms with Gasteiger partial charge >= 0.3 is 0 Å². The number of aromatic nitrogens is 1. The summed E-state index contributed by atoms with van der Waals surface area (Å²) in [5, 5.41) is 2.55. The zero-order valence-corrected chi connectivity index (χ0v) is 6.50. The molecule has 0 spiro atoms. The Balaban J connectivity index is 2.74. The van der Waals surface area contributed by atoms with Gasteiger partial charge in [0.2, 0.25) is 0 Å². The zero-order valence-electron chi connectivity index (χ0n) is 4.93. The molecule has 0 bridgehead atoms. The van der Waals surface area contributed by atoms with Crippen molar-refractivity contribution >= 4 is 22.9 Å². The van der Waals surface area contributed by atoms with E-state index in [0.29, 0.717) is 11.1 Å². The fraction of sp³-hybridized carbons (Fsp3) is 0.400. The van der Waals surface area contributed by atoms with Crippen molar-refractivity contribution in [1.82, 2.24) is 4.98 Å². The number of halogens is 1. The Bertz CT molecular complexity index is 170. The van der Waals surface area contributed by atoms with Gasteiger partial charge in [0, 0.05) is 5.38 Å². The van der Waals surface area contributed by atoms with Gasteiger partial charge in [-0.3, -0.25) is 0 Å². The van der Waals surface area contributed by atoms with Crippen molar-refractivity contribution in [3.63, 3.8) is 0 Å². The summed E-state index contributed by atoms with van der Waals surface area (Å²) in [4.78, 5) is 4.01. The Labute approximate surface area is 62.4 Å². The van der Waals surface area contributed by atoms with E-state index in [1.165, 1.54) is 11.3 Å². The molecule has 1 aromatic heterocycles. The minimum absolute atomic E-state index is 0.458. The van der Waals surface area contributed by atoms with E-state index in [9.17, 15) is 0 Å². The van der Waals surface area contributed by atoms with E-state index in [0.717, 1.165) is 5.69 Å². The first-order valence-corrected chi connectivity index (χ1v) is 3.82. The molecule has 1 rings (SSSR count). The molecule has 9 heavy (non-hydrogen) atoms. The summed E-state index contributed by atoms with van der Waals surface area (Å²) in [5.74, 6) is 0.458. The van der Waals surface area contributed by atoms with Crippen molar-refractivity contribution in [3.8, 4) is 5.19 Å². The molecule has 0 N–H and O–H groups in total. The van der Waals surface area contributed by atoms with Crippen molar-refractivity contribution in [3.05, 3.63) is 11.1 Å². The van der Waals surface area contributed by atoms with Gasteiger partial charge in [-0.05, 0) is 0 Å². The molecule has 0 aliphatic heterocycles. The Hall–Kier alpha value is -0.280. The highest BCUT2D eigenvalue weighted by Crippen LogP contribution is 2.17. The summed E-state index contributed by atoms with van der Waals surface area (Å²) in [7, 11) is 1.59. The number of ether oxygens (including phenoxy) is 1. The van der Waals surface area contributed by atoms with E-state index >= 15 is 0 Å². The predicted molar refractivity (Wildman–Crippen MR) is 38.2 cm³/mol. The lowest BCUT2D eigenvalue weighted by Crippen LogP contribution is -1.81. The highest BCUT2D eigenvalue weighted by molar-refractivity contribution is 7.11. The number of hydrogen-bond acceptors (Lipinski definition) is 3. The van der Waals surface area contributed by atoms with Gasteiger partial charge in [0.15, 0.2) is 0 Å². The minimum Gasteiger partial charge on any atom is -0.473 e. The van der Waals surface area contributed by atoms with Gasteiger partial charge in [-0.1, -0.05) is 11.3 Å². The average Bonchev–Trinajstić information content (AvgIpc) is 2.34. The Kier molecular flexibility index (Phi) is 2.30. The van der Waals surface area contributed by atoms with Crippen LogP contribution in [0.1, 0.15) is 5.69 Å². The van der Waals surface area contributed by atoms with Crippen LogP contribution in [0.5, 0.6) is 5.19 Å². The highest BCUT2D eigenvalue weighted by atomic mass is 35.5. The number of nitrogens with zero attached hydrogens (tertiary/aromatic N) is 1. The smallest absolute Gasteiger partial charge is 0.273 e. The zero-order chi connectivity index (χ0) is 6.69. The number of thiazole rings is 1. The molecule has 0 saturated carbocycles. The molecule has 0 fully saturated rings. The monoisotopic (exact) mass is 163 g/mol. The first kappa shape index (κ1) is 6.83. The first-order chi connectivity index (χ1) is 4.36. The second-order valence-electron chi connectivity index (χ2n) is 1.44. The maximum absolute atomic E-state index is 5.49. The van der Waals surface area contributed by atoms with E-state index in [2.05, 4.69) is 4.98 Å². The van der Waals surface area contributed by atoms with E-state index in [1.807, 2.05) is 5.38 Å². The number of methoxy groups -OCH3 is 1. The summed E-state index contributed by atoms with van der Waals surface area (Å²) < 4.78 is 4.85. The van der Waals surface area contributed by atoms with E-state index < -0.39 is 0 Å². The first-order valence-electron chi connectivity index (χ1n) is 2.41. The van der Waals surface area contributed by atoms with E-state index in [1.54, 1.807) is 7.11 Å². The van der Waals surface area contributed by atoms with Crippen LogP contribution in [-0.4, -0.2) is 12.1 Å². The molecule has 0 radical (unpaired) electrons.